The third-order valence-corrected chi connectivity index (χ3v) is 4.83. The number of aromatic amines is 1. The maximum Gasteiger partial charge on any atom is 0.273 e. The molecule has 2 aliphatic rings. The van der Waals surface area contributed by atoms with Gasteiger partial charge in [0.1, 0.15) is 5.71 Å². The van der Waals surface area contributed by atoms with Crippen molar-refractivity contribution < 1.29 is 9.21 Å². The Bertz CT molecular complexity index is 854. The van der Waals surface area contributed by atoms with Gasteiger partial charge in [0.15, 0.2) is 5.76 Å². The van der Waals surface area contributed by atoms with Crippen LogP contribution in [0.1, 0.15) is 41.1 Å². The van der Waals surface area contributed by atoms with Crippen LogP contribution in [0.5, 0.6) is 0 Å². The van der Waals surface area contributed by atoms with Crippen molar-refractivity contribution in [3.8, 4) is 0 Å². The highest BCUT2D eigenvalue weighted by Gasteiger charge is 2.26. The highest BCUT2D eigenvalue weighted by molar-refractivity contribution is 6.32. The van der Waals surface area contributed by atoms with Crippen LogP contribution >= 0.6 is 0 Å². The number of aromatic nitrogens is 1. The molecule has 0 bridgehead atoms. The van der Waals surface area contributed by atoms with Crippen molar-refractivity contribution in [1.82, 2.24) is 15.7 Å². The minimum Gasteiger partial charge on any atom is -0.463 e. The van der Waals surface area contributed by atoms with Crippen molar-refractivity contribution in [1.29, 1.82) is 0 Å². The van der Waals surface area contributed by atoms with E-state index in [2.05, 4.69) is 34.7 Å². The normalized spacial score (nSPS) is 18.7. The fourth-order valence-corrected chi connectivity index (χ4v) is 3.24. The summed E-state index contributed by atoms with van der Waals surface area (Å²) >= 11 is 0. The number of rotatable bonds is 6. The molecule has 1 fully saturated rings. The molecule has 6 heteroatoms. The monoisotopic (exact) mass is 338 g/mol. The number of hydrazone groups is 1. The van der Waals surface area contributed by atoms with Crippen molar-refractivity contribution in [3.63, 3.8) is 0 Å². The van der Waals surface area contributed by atoms with Gasteiger partial charge in [-0.2, -0.15) is 5.10 Å². The van der Waals surface area contributed by atoms with Crippen LogP contribution in [0.25, 0.3) is 6.08 Å². The fourth-order valence-electron chi connectivity index (χ4n) is 3.24. The van der Waals surface area contributed by atoms with Gasteiger partial charge in [-0.3, -0.25) is 4.79 Å². The van der Waals surface area contributed by atoms with E-state index < -0.39 is 0 Å². The van der Waals surface area contributed by atoms with E-state index in [1.54, 1.807) is 18.4 Å². The van der Waals surface area contributed by atoms with Gasteiger partial charge >= 0.3 is 0 Å². The lowest BCUT2D eigenvalue weighted by molar-refractivity contribution is -0.116. The highest BCUT2D eigenvalue weighted by Crippen LogP contribution is 2.24. The molecule has 1 aliphatic heterocycles. The average molecular weight is 338 g/mol. The number of hydrogen-bond acceptors (Lipinski definition) is 4. The highest BCUT2D eigenvalue weighted by atomic mass is 16.3. The van der Waals surface area contributed by atoms with Crippen LogP contribution in [0, 0.1) is 13.8 Å². The first-order valence-electron chi connectivity index (χ1n) is 8.69. The summed E-state index contributed by atoms with van der Waals surface area (Å²) in [5.41, 5.74) is 8.17. The van der Waals surface area contributed by atoms with Crippen LogP contribution in [0.15, 0.2) is 33.5 Å². The van der Waals surface area contributed by atoms with Gasteiger partial charge in [-0.25, -0.2) is 5.43 Å². The molecule has 130 valence electrons. The quantitative estimate of drug-likeness (QED) is 0.708. The summed E-state index contributed by atoms with van der Waals surface area (Å²) in [5, 5.41) is 7.65. The summed E-state index contributed by atoms with van der Waals surface area (Å²) < 4.78 is 5.39. The summed E-state index contributed by atoms with van der Waals surface area (Å²) in [7, 11) is 0. The SMILES string of the molecule is Cc1[nH]c(/C=C2/C(=O)NN=C2c2ccco2)c(C)c1CCNC1CC1. The minimum atomic E-state index is -0.213. The number of hydrogen-bond donors (Lipinski definition) is 3. The molecule has 2 aromatic rings. The second kappa shape index (κ2) is 6.37. The zero-order chi connectivity index (χ0) is 17.4. The van der Waals surface area contributed by atoms with E-state index in [0.717, 1.165) is 30.4 Å². The molecule has 1 aliphatic carbocycles. The Kier molecular flexibility index (Phi) is 4.05. The Morgan fingerprint density at radius 2 is 2.24 bits per heavy atom. The van der Waals surface area contributed by atoms with Crippen LogP contribution in [0.3, 0.4) is 0 Å². The van der Waals surface area contributed by atoms with Gasteiger partial charge in [-0.15, -0.1) is 0 Å². The van der Waals surface area contributed by atoms with Crippen molar-refractivity contribution in [2.24, 2.45) is 5.10 Å². The first-order chi connectivity index (χ1) is 12.1. The summed E-state index contributed by atoms with van der Waals surface area (Å²) in [6.07, 6.45) is 7.02. The summed E-state index contributed by atoms with van der Waals surface area (Å²) in [4.78, 5) is 15.6. The van der Waals surface area contributed by atoms with Crippen LogP contribution < -0.4 is 10.7 Å². The predicted molar refractivity (Wildman–Crippen MR) is 96.4 cm³/mol. The van der Waals surface area contributed by atoms with Crippen molar-refractivity contribution >= 4 is 17.7 Å². The fraction of sp³-hybridized carbons (Fsp3) is 0.368. The van der Waals surface area contributed by atoms with Gasteiger partial charge in [0.2, 0.25) is 0 Å². The van der Waals surface area contributed by atoms with E-state index in [0.29, 0.717) is 17.0 Å². The van der Waals surface area contributed by atoms with Crippen LogP contribution in [-0.4, -0.2) is 29.2 Å². The summed E-state index contributed by atoms with van der Waals surface area (Å²) in [6.45, 7) is 5.16. The molecule has 4 rings (SSSR count). The van der Waals surface area contributed by atoms with Gasteiger partial charge in [-0.1, -0.05) is 0 Å². The van der Waals surface area contributed by atoms with E-state index in [-0.39, 0.29) is 5.91 Å². The first-order valence-corrected chi connectivity index (χ1v) is 8.69. The number of H-pyrrole nitrogens is 1. The lowest BCUT2D eigenvalue weighted by Gasteiger charge is -2.04. The molecule has 3 N–H and O–H groups in total. The van der Waals surface area contributed by atoms with E-state index in [1.165, 1.54) is 24.0 Å². The lowest BCUT2D eigenvalue weighted by Crippen LogP contribution is -2.19. The molecule has 0 aromatic carbocycles. The molecular weight excluding hydrogens is 316 g/mol. The van der Waals surface area contributed by atoms with Gasteiger partial charge < -0.3 is 14.7 Å². The molecule has 0 unspecified atom stereocenters. The molecule has 6 nitrogen and oxygen atoms in total. The maximum absolute atomic E-state index is 12.2. The van der Waals surface area contributed by atoms with E-state index in [4.69, 9.17) is 4.42 Å². The zero-order valence-electron chi connectivity index (χ0n) is 14.5. The topological polar surface area (TPSA) is 82.4 Å². The Morgan fingerprint density at radius 3 is 2.96 bits per heavy atom. The largest absolute Gasteiger partial charge is 0.463 e. The third-order valence-electron chi connectivity index (χ3n) is 4.83. The summed E-state index contributed by atoms with van der Waals surface area (Å²) in [6, 6.07) is 4.30. The molecule has 25 heavy (non-hydrogen) atoms. The summed E-state index contributed by atoms with van der Waals surface area (Å²) in [5.74, 6) is 0.370. The van der Waals surface area contributed by atoms with Gasteiger partial charge in [0, 0.05) is 17.4 Å². The molecule has 0 saturated heterocycles. The van der Waals surface area contributed by atoms with Crippen molar-refractivity contribution in [2.45, 2.75) is 39.2 Å². The van der Waals surface area contributed by atoms with E-state index >= 15 is 0 Å². The second-order valence-corrected chi connectivity index (χ2v) is 6.68. The predicted octanol–water partition coefficient (Wildman–Crippen LogP) is 2.44. The van der Waals surface area contributed by atoms with E-state index in [1.807, 2.05) is 6.08 Å². The maximum atomic E-state index is 12.2. The number of nitrogens with zero attached hydrogens (tertiary/aromatic N) is 1. The smallest absolute Gasteiger partial charge is 0.273 e. The number of carbonyl (C=O) groups is 1. The molecule has 0 atom stereocenters. The number of carbonyl (C=O) groups excluding carboxylic acids is 1. The van der Waals surface area contributed by atoms with Crippen LogP contribution in [0.4, 0.5) is 0 Å². The number of furan rings is 1. The zero-order valence-corrected chi connectivity index (χ0v) is 14.5. The number of aryl methyl sites for hydroxylation is 1. The molecule has 1 saturated carbocycles. The van der Waals surface area contributed by atoms with Crippen molar-refractivity contribution in [3.05, 3.63) is 52.2 Å². The number of amides is 1. The Morgan fingerprint density at radius 1 is 1.40 bits per heavy atom. The van der Waals surface area contributed by atoms with Crippen LogP contribution in [-0.2, 0) is 11.2 Å². The van der Waals surface area contributed by atoms with Crippen LogP contribution in [0.2, 0.25) is 0 Å². The second-order valence-electron chi connectivity index (χ2n) is 6.68. The Balaban J connectivity index is 1.59. The average Bonchev–Trinajstić information content (AvgIpc) is 2.99. The molecule has 1 amide bonds. The third kappa shape index (κ3) is 3.17. The van der Waals surface area contributed by atoms with Gasteiger partial charge in [-0.05, 0) is 69.0 Å². The standard InChI is InChI=1S/C19H22N4O2/c1-11-14(7-8-20-13-5-6-13)12(2)21-16(11)10-15-18(22-23-19(15)24)17-4-3-9-25-17/h3-4,9-10,13,20-21H,5-8H2,1-2H3,(H,23,24)/b15-10+. The lowest BCUT2D eigenvalue weighted by atomic mass is 10.0. The molecule has 0 spiro atoms. The molecule has 2 aromatic heterocycles. The molecule has 3 heterocycles. The van der Waals surface area contributed by atoms with Gasteiger partial charge in [0.05, 0.1) is 11.8 Å². The Labute approximate surface area is 146 Å². The molecule has 0 radical (unpaired) electrons. The minimum absolute atomic E-state index is 0.213. The molecular formula is C19H22N4O2. The van der Waals surface area contributed by atoms with Crippen molar-refractivity contribution in [2.75, 3.05) is 6.54 Å². The Hall–Kier alpha value is -2.60. The number of nitrogens with one attached hydrogen (secondary N) is 3. The first kappa shape index (κ1) is 15.9. The van der Waals surface area contributed by atoms with E-state index in [9.17, 15) is 4.79 Å². The van der Waals surface area contributed by atoms with Gasteiger partial charge in [0.25, 0.3) is 5.91 Å².